The van der Waals surface area contributed by atoms with E-state index in [0.29, 0.717) is 0 Å². The predicted octanol–water partition coefficient (Wildman–Crippen LogP) is 0.650. The normalized spacial score (nSPS) is 8.92. The summed E-state index contributed by atoms with van der Waals surface area (Å²) in [6.07, 6.45) is 5.41. The van der Waals surface area contributed by atoms with Gasteiger partial charge in [-0.25, -0.2) is 4.79 Å². The second-order valence-electron chi connectivity index (χ2n) is 4.47. The van der Waals surface area contributed by atoms with Crippen LogP contribution in [0.3, 0.4) is 0 Å². The van der Waals surface area contributed by atoms with E-state index in [1.165, 1.54) is 5.56 Å². The molecule has 3 aromatic rings. The van der Waals surface area contributed by atoms with Crippen LogP contribution in [0.2, 0.25) is 0 Å². The van der Waals surface area contributed by atoms with Gasteiger partial charge in [-0.1, -0.05) is 60.7 Å². The molecule has 0 saturated carbocycles. The number of nitrogen functional groups attached to an aromatic ring is 1. The van der Waals surface area contributed by atoms with Crippen molar-refractivity contribution in [2.75, 3.05) is 5.73 Å². The van der Waals surface area contributed by atoms with Crippen molar-refractivity contribution >= 4 is 24.0 Å². The number of rotatable bonds is 2. The van der Waals surface area contributed by atoms with Crippen LogP contribution in [0.25, 0.3) is 12.2 Å². The monoisotopic (exact) mass is 362 g/mol. The first kappa shape index (κ1) is 23.3. The van der Waals surface area contributed by atoms with Crippen LogP contribution in [0.1, 0.15) is 12.6 Å². The third-order valence-corrected chi connectivity index (χ3v) is 2.66. The van der Waals surface area contributed by atoms with Crippen molar-refractivity contribution in [2.45, 2.75) is 0 Å². The Labute approximate surface area is 175 Å². The van der Waals surface area contributed by atoms with Gasteiger partial charge in [-0.15, -0.1) is 10.2 Å². The molecule has 3 rings (SSSR count). The quantitative estimate of drug-likeness (QED) is 0.347. The van der Waals surface area contributed by atoms with Crippen molar-refractivity contribution in [1.82, 2.24) is 15.4 Å². The molecule has 0 aliphatic rings. The Morgan fingerprint density at radius 1 is 0.885 bits per heavy atom. The van der Waals surface area contributed by atoms with Crippen molar-refractivity contribution in [2.24, 2.45) is 0 Å². The van der Waals surface area contributed by atoms with Gasteiger partial charge in [0, 0.05) is 5.69 Å². The maximum Gasteiger partial charge on any atom is 1.00 e. The zero-order chi connectivity index (χ0) is 18.3. The second kappa shape index (κ2) is 14.6. The SMILES string of the molecule is Nc1ccccc1C=Cc1ccccc1.O=C(O)O.[H-].[Na+].c1cnnnc1. The predicted molar refractivity (Wildman–Crippen MR) is 97.8 cm³/mol. The molecule has 26 heavy (non-hydrogen) atoms. The summed E-state index contributed by atoms with van der Waals surface area (Å²) < 4.78 is 0. The number of anilines is 1. The van der Waals surface area contributed by atoms with Gasteiger partial charge in [-0.05, 0) is 28.5 Å². The maximum absolute atomic E-state index is 8.56. The Morgan fingerprint density at radius 3 is 1.88 bits per heavy atom. The van der Waals surface area contributed by atoms with Crippen LogP contribution in [0.4, 0.5) is 10.5 Å². The van der Waals surface area contributed by atoms with Crippen LogP contribution < -0.4 is 35.3 Å². The molecule has 0 amide bonds. The van der Waals surface area contributed by atoms with Crippen LogP contribution in [-0.2, 0) is 0 Å². The van der Waals surface area contributed by atoms with E-state index in [0.717, 1.165) is 11.3 Å². The van der Waals surface area contributed by atoms with Gasteiger partial charge in [0.05, 0.1) is 12.4 Å². The summed E-state index contributed by atoms with van der Waals surface area (Å²) in [5.74, 6) is 0. The van der Waals surface area contributed by atoms with Crippen LogP contribution in [0, 0.1) is 0 Å². The fourth-order valence-corrected chi connectivity index (χ4v) is 1.62. The first-order valence-corrected chi connectivity index (χ1v) is 7.17. The number of carbonyl (C=O) groups is 1. The maximum atomic E-state index is 8.56. The van der Waals surface area contributed by atoms with Gasteiger partial charge in [0.25, 0.3) is 0 Å². The molecule has 0 saturated heterocycles. The first-order valence-electron chi connectivity index (χ1n) is 7.17. The molecule has 0 fully saturated rings. The minimum Gasteiger partial charge on any atom is -1.00 e. The molecule has 7 nitrogen and oxygen atoms in total. The van der Waals surface area contributed by atoms with Gasteiger partial charge in [-0.3, -0.25) is 0 Å². The summed E-state index contributed by atoms with van der Waals surface area (Å²) in [5, 5.41) is 24.1. The van der Waals surface area contributed by atoms with Crippen molar-refractivity contribution in [3.63, 3.8) is 0 Å². The van der Waals surface area contributed by atoms with E-state index in [1.54, 1.807) is 18.5 Å². The number of hydrogen-bond acceptors (Lipinski definition) is 5. The molecular formula is C18H19N4NaO3. The Balaban J connectivity index is 0. The van der Waals surface area contributed by atoms with E-state index < -0.39 is 6.16 Å². The van der Waals surface area contributed by atoms with Gasteiger partial charge in [0.15, 0.2) is 0 Å². The largest absolute Gasteiger partial charge is 1.00 e. The first-order chi connectivity index (χ1) is 12.1. The number of nitrogens with zero attached hydrogens (tertiary/aromatic N) is 3. The van der Waals surface area contributed by atoms with Gasteiger partial charge < -0.3 is 17.4 Å². The third-order valence-electron chi connectivity index (χ3n) is 2.66. The summed E-state index contributed by atoms with van der Waals surface area (Å²) in [7, 11) is 0. The number of aromatic nitrogens is 3. The fraction of sp³-hybridized carbons (Fsp3) is 0. The molecule has 130 valence electrons. The molecule has 1 aromatic heterocycles. The van der Waals surface area contributed by atoms with Crippen molar-refractivity contribution in [3.8, 4) is 0 Å². The second-order valence-corrected chi connectivity index (χ2v) is 4.47. The van der Waals surface area contributed by atoms with Crippen LogP contribution in [-0.4, -0.2) is 31.8 Å². The zero-order valence-corrected chi connectivity index (χ0v) is 16.3. The molecule has 1 heterocycles. The van der Waals surface area contributed by atoms with Gasteiger partial charge in [0.2, 0.25) is 0 Å². The molecule has 0 aliphatic heterocycles. The molecule has 4 N–H and O–H groups in total. The molecule has 0 unspecified atom stereocenters. The number of hydrogen-bond donors (Lipinski definition) is 3. The minimum atomic E-state index is -1.83. The Hall–Kier alpha value is -2.74. The zero-order valence-electron chi connectivity index (χ0n) is 15.3. The Kier molecular flexibility index (Phi) is 13.1. The molecule has 0 bridgehead atoms. The average Bonchev–Trinajstić information content (AvgIpc) is 2.63. The van der Waals surface area contributed by atoms with E-state index in [1.807, 2.05) is 48.5 Å². The van der Waals surface area contributed by atoms with Crippen LogP contribution in [0.5, 0.6) is 0 Å². The molecule has 0 spiro atoms. The molecule has 0 radical (unpaired) electrons. The molecule has 8 heteroatoms. The number of nitrogens with two attached hydrogens (primary N) is 1. The summed E-state index contributed by atoms with van der Waals surface area (Å²) in [6, 6.07) is 19.7. The Morgan fingerprint density at radius 2 is 1.42 bits per heavy atom. The van der Waals surface area contributed by atoms with Gasteiger partial charge in [0.1, 0.15) is 0 Å². The minimum absolute atomic E-state index is 0. The standard InChI is InChI=1S/C14H13N.C3H3N3.CH2O3.Na.H/c15-14-9-5-4-8-13(14)11-10-12-6-2-1-3-7-12;1-2-4-6-5-3-1;2-1(3)4;;/h1-11H,15H2;1-3H;(H2,2,3,4);;/q;;;+1;-1. The smallest absolute Gasteiger partial charge is 1.00 e. The summed E-state index contributed by atoms with van der Waals surface area (Å²) in [4.78, 5) is 8.56. The van der Waals surface area contributed by atoms with Crippen molar-refractivity contribution in [3.05, 3.63) is 84.2 Å². The fourth-order valence-electron chi connectivity index (χ4n) is 1.62. The van der Waals surface area contributed by atoms with E-state index in [4.69, 9.17) is 20.7 Å². The van der Waals surface area contributed by atoms with E-state index in [9.17, 15) is 0 Å². The summed E-state index contributed by atoms with van der Waals surface area (Å²) >= 11 is 0. The van der Waals surface area contributed by atoms with Gasteiger partial charge >= 0.3 is 35.7 Å². The van der Waals surface area contributed by atoms with Crippen molar-refractivity contribution < 1.29 is 46.0 Å². The van der Waals surface area contributed by atoms with Crippen molar-refractivity contribution in [1.29, 1.82) is 0 Å². The molecule has 0 aliphatic carbocycles. The summed E-state index contributed by atoms with van der Waals surface area (Å²) in [5.41, 5.74) is 8.88. The Bertz CT molecular complexity index is 747. The number of carboxylic acid groups (broad SMARTS) is 2. The number of para-hydroxylation sites is 1. The van der Waals surface area contributed by atoms with Gasteiger partial charge in [-0.2, -0.15) is 0 Å². The van der Waals surface area contributed by atoms with E-state index >= 15 is 0 Å². The van der Waals surface area contributed by atoms with Crippen LogP contribution in [0.15, 0.2) is 73.1 Å². The average molecular weight is 362 g/mol. The molecular weight excluding hydrogens is 343 g/mol. The van der Waals surface area contributed by atoms with E-state index in [-0.39, 0.29) is 31.0 Å². The molecule has 2 aromatic carbocycles. The van der Waals surface area contributed by atoms with E-state index in [2.05, 4.69) is 33.6 Å². The topological polar surface area (TPSA) is 122 Å². The number of benzene rings is 2. The summed E-state index contributed by atoms with van der Waals surface area (Å²) in [6.45, 7) is 0. The third kappa shape index (κ3) is 11.7. The molecule has 0 atom stereocenters. The van der Waals surface area contributed by atoms with Crippen LogP contribution >= 0.6 is 0 Å².